The van der Waals surface area contributed by atoms with Gasteiger partial charge >= 0.3 is 0 Å². The normalized spacial score (nSPS) is 26.4. The zero-order valence-corrected chi connectivity index (χ0v) is 11.9. The fourth-order valence-electron chi connectivity index (χ4n) is 3.45. The number of carbonyl (C=O) groups is 2. The number of hydrogen-bond donors (Lipinski definition) is 1. The van der Waals surface area contributed by atoms with Gasteiger partial charge in [-0.15, -0.1) is 0 Å². The zero-order valence-electron chi connectivity index (χ0n) is 11.9. The Morgan fingerprint density at radius 1 is 1.10 bits per heavy atom. The number of carbonyl (C=O) groups excluding carboxylic acids is 2. The quantitative estimate of drug-likeness (QED) is 0.779. The Morgan fingerprint density at radius 3 is 2.30 bits per heavy atom. The van der Waals surface area contributed by atoms with E-state index in [1.54, 1.807) is 4.90 Å². The summed E-state index contributed by atoms with van der Waals surface area (Å²) in [7, 11) is 0. The van der Waals surface area contributed by atoms with Crippen molar-refractivity contribution in [1.29, 1.82) is 5.26 Å². The lowest BCUT2D eigenvalue weighted by Gasteiger charge is -2.38. The summed E-state index contributed by atoms with van der Waals surface area (Å²) in [6.45, 7) is 0.551. The van der Waals surface area contributed by atoms with Gasteiger partial charge in [0.15, 0.2) is 0 Å². The van der Waals surface area contributed by atoms with Crippen molar-refractivity contribution in [3.05, 3.63) is 0 Å². The van der Waals surface area contributed by atoms with Gasteiger partial charge in [0.2, 0.25) is 11.8 Å². The van der Waals surface area contributed by atoms with Gasteiger partial charge in [0.1, 0.15) is 11.5 Å². The SMILES string of the molecule is N#CC1(C(=O)N2CCCCC2C(N)=O)CCCCCC1. The summed E-state index contributed by atoms with van der Waals surface area (Å²) < 4.78 is 0. The van der Waals surface area contributed by atoms with Gasteiger partial charge in [0, 0.05) is 6.54 Å². The number of rotatable bonds is 2. The van der Waals surface area contributed by atoms with Crippen molar-refractivity contribution in [1.82, 2.24) is 4.90 Å². The number of amides is 2. The molecule has 1 saturated carbocycles. The first-order valence-corrected chi connectivity index (χ1v) is 7.62. The molecule has 1 atom stereocenters. The Labute approximate surface area is 120 Å². The van der Waals surface area contributed by atoms with Gasteiger partial charge in [0.25, 0.3) is 0 Å². The first kappa shape index (κ1) is 14.8. The predicted molar refractivity (Wildman–Crippen MR) is 74.3 cm³/mol. The van der Waals surface area contributed by atoms with Gasteiger partial charge in [-0.05, 0) is 32.1 Å². The zero-order chi connectivity index (χ0) is 14.6. The summed E-state index contributed by atoms with van der Waals surface area (Å²) in [5.41, 5.74) is 4.50. The summed E-state index contributed by atoms with van der Waals surface area (Å²) in [5, 5.41) is 9.58. The summed E-state index contributed by atoms with van der Waals surface area (Å²) in [4.78, 5) is 26.0. The van der Waals surface area contributed by atoms with Crippen molar-refractivity contribution in [3.63, 3.8) is 0 Å². The molecule has 110 valence electrons. The lowest BCUT2D eigenvalue weighted by Crippen LogP contribution is -2.54. The molecule has 1 aliphatic carbocycles. The Bertz CT molecular complexity index is 419. The Balaban J connectivity index is 2.22. The number of hydrogen-bond acceptors (Lipinski definition) is 3. The van der Waals surface area contributed by atoms with E-state index < -0.39 is 17.4 Å². The van der Waals surface area contributed by atoms with Gasteiger partial charge in [-0.3, -0.25) is 9.59 Å². The van der Waals surface area contributed by atoms with E-state index in [0.717, 1.165) is 38.5 Å². The molecule has 2 fully saturated rings. The molecule has 2 amide bonds. The highest BCUT2D eigenvalue weighted by Crippen LogP contribution is 2.37. The van der Waals surface area contributed by atoms with Crippen LogP contribution in [0.25, 0.3) is 0 Å². The number of nitrogens with zero attached hydrogens (tertiary/aromatic N) is 2. The van der Waals surface area contributed by atoms with Crippen LogP contribution in [0.3, 0.4) is 0 Å². The van der Waals surface area contributed by atoms with E-state index in [2.05, 4.69) is 6.07 Å². The highest BCUT2D eigenvalue weighted by atomic mass is 16.2. The van der Waals surface area contributed by atoms with Crippen LogP contribution in [0, 0.1) is 16.7 Å². The van der Waals surface area contributed by atoms with Crippen LogP contribution >= 0.6 is 0 Å². The molecule has 2 rings (SSSR count). The maximum atomic E-state index is 12.9. The van der Waals surface area contributed by atoms with E-state index in [-0.39, 0.29) is 5.91 Å². The molecule has 1 unspecified atom stereocenters. The minimum atomic E-state index is -0.929. The third kappa shape index (κ3) is 2.79. The van der Waals surface area contributed by atoms with E-state index in [1.165, 1.54) is 0 Å². The highest BCUT2D eigenvalue weighted by molar-refractivity contribution is 5.91. The first-order chi connectivity index (χ1) is 9.60. The number of piperidine rings is 1. The van der Waals surface area contributed by atoms with Crippen molar-refractivity contribution in [2.75, 3.05) is 6.54 Å². The van der Waals surface area contributed by atoms with Crippen LogP contribution < -0.4 is 5.73 Å². The second-order valence-corrected chi connectivity index (χ2v) is 6.02. The van der Waals surface area contributed by atoms with Crippen molar-refractivity contribution in [2.45, 2.75) is 63.8 Å². The van der Waals surface area contributed by atoms with E-state index >= 15 is 0 Å². The maximum Gasteiger partial charge on any atom is 0.243 e. The molecule has 5 nitrogen and oxygen atoms in total. The molecular weight excluding hydrogens is 254 g/mol. The molecule has 20 heavy (non-hydrogen) atoms. The van der Waals surface area contributed by atoms with Crippen molar-refractivity contribution in [2.24, 2.45) is 11.1 Å². The van der Waals surface area contributed by atoms with E-state index in [4.69, 9.17) is 5.73 Å². The molecule has 5 heteroatoms. The molecule has 0 radical (unpaired) electrons. The van der Waals surface area contributed by atoms with Crippen LogP contribution in [0.5, 0.6) is 0 Å². The topological polar surface area (TPSA) is 87.2 Å². The molecule has 1 heterocycles. The summed E-state index contributed by atoms with van der Waals surface area (Å²) in [6, 6.07) is 1.75. The van der Waals surface area contributed by atoms with Gasteiger partial charge in [-0.2, -0.15) is 5.26 Å². The third-order valence-electron chi connectivity index (χ3n) is 4.67. The molecule has 1 saturated heterocycles. The number of primary amides is 1. The lowest BCUT2D eigenvalue weighted by molar-refractivity contribution is -0.148. The van der Waals surface area contributed by atoms with Crippen LogP contribution in [0.2, 0.25) is 0 Å². The molecule has 2 N–H and O–H groups in total. The molecular formula is C15H23N3O2. The van der Waals surface area contributed by atoms with E-state index in [9.17, 15) is 14.9 Å². The molecule has 0 aromatic heterocycles. The Hall–Kier alpha value is -1.57. The molecule has 2 aliphatic rings. The fourth-order valence-corrected chi connectivity index (χ4v) is 3.45. The number of likely N-dealkylation sites (tertiary alicyclic amines) is 1. The monoisotopic (exact) mass is 277 g/mol. The Morgan fingerprint density at radius 2 is 1.75 bits per heavy atom. The first-order valence-electron chi connectivity index (χ1n) is 7.62. The summed E-state index contributed by atoms with van der Waals surface area (Å²) >= 11 is 0. The standard InChI is InChI=1S/C15H23N3O2/c16-11-15(8-4-1-2-5-9-15)14(20)18-10-6-3-7-12(18)13(17)19/h12H,1-10H2,(H2,17,19). The summed E-state index contributed by atoms with van der Waals surface area (Å²) in [6.07, 6.45) is 7.64. The second-order valence-electron chi connectivity index (χ2n) is 6.02. The third-order valence-corrected chi connectivity index (χ3v) is 4.67. The van der Waals surface area contributed by atoms with E-state index in [0.29, 0.717) is 25.8 Å². The van der Waals surface area contributed by atoms with Crippen LogP contribution in [0.15, 0.2) is 0 Å². The average Bonchev–Trinajstić information content (AvgIpc) is 2.72. The maximum absolute atomic E-state index is 12.9. The molecule has 0 spiro atoms. The smallest absolute Gasteiger partial charge is 0.243 e. The van der Waals surface area contributed by atoms with Crippen LogP contribution in [0.1, 0.15) is 57.8 Å². The molecule has 1 aliphatic heterocycles. The van der Waals surface area contributed by atoms with Crippen molar-refractivity contribution in [3.8, 4) is 6.07 Å². The van der Waals surface area contributed by atoms with Gasteiger partial charge < -0.3 is 10.6 Å². The number of nitrogens with two attached hydrogens (primary N) is 1. The molecule has 0 aromatic rings. The van der Waals surface area contributed by atoms with E-state index in [1.807, 2.05) is 0 Å². The molecule has 0 aromatic carbocycles. The highest BCUT2D eigenvalue weighted by Gasteiger charge is 2.44. The second kappa shape index (κ2) is 6.25. The summed E-state index contributed by atoms with van der Waals surface area (Å²) in [5.74, 6) is -0.606. The van der Waals surface area contributed by atoms with Gasteiger partial charge in [-0.1, -0.05) is 25.7 Å². The van der Waals surface area contributed by atoms with Gasteiger partial charge in [-0.25, -0.2) is 0 Å². The number of nitriles is 1. The fraction of sp³-hybridized carbons (Fsp3) is 0.800. The largest absolute Gasteiger partial charge is 0.368 e. The minimum Gasteiger partial charge on any atom is -0.368 e. The Kier molecular flexibility index (Phi) is 4.64. The van der Waals surface area contributed by atoms with Crippen molar-refractivity contribution >= 4 is 11.8 Å². The van der Waals surface area contributed by atoms with Crippen LogP contribution in [0.4, 0.5) is 0 Å². The van der Waals surface area contributed by atoms with Crippen LogP contribution in [-0.4, -0.2) is 29.3 Å². The predicted octanol–water partition coefficient (Wildman–Crippen LogP) is 1.72. The van der Waals surface area contributed by atoms with Gasteiger partial charge in [0.05, 0.1) is 6.07 Å². The minimum absolute atomic E-state index is 0.162. The van der Waals surface area contributed by atoms with Crippen LogP contribution in [-0.2, 0) is 9.59 Å². The lowest BCUT2D eigenvalue weighted by atomic mass is 9.79. The van der Waals surface area contributed by atoms with Crippen molar-refractivity contribution < 1.29 is 9.59 Å². The molecule has 0 bridgehead atoms. The average molecular weight is 277 g/mol.